The fourth-order valence-electron chi connectivity index (χ4n) is 3.29. The van der Waals surface area contributed by atoms with E-state index in [1.54, 1.807) is 0 Å². The van der Waals surface area contributed by atoms with Crippen molar-refractivity contribution in [1.82, 2.24) is 9.55 Å². The minimum Gasteiger partial charge on any atom is -0.356 e. The second kappa shape index (κ2) is 7.11. The van der Waals surface area contributed by atoms with Crippen LogP contribution in [0, 0.1) is 0 Å². The standard InChI is InChI=1S/C20H19ClN4/c21-20-19(16-7-2-1-3-8-16)25(13-6-12-24-14-11-22-15-24)18-10-5-4-9-17(18)23-20/h1-5,7-11,14-15,19H,6,12-13H2. The SMILES string of the molecule is ClC1=Nc2ccccc2N(CCCn2ccnc2)C1c1ccccc1. The van der Waals surface area contributed by atoms with Crippen LogP contribution in [0.5, 0.6) is 0 Å². The van der Waals surface area contributed by atoms with Crippen molar-refractivity contribution in [2.24, 2.45) is 4.99 Å². The molecule has 2 aromatic carbocycles. The van der Waals surface area contributed by atoms with E-state index in [0.29, 0.717) is 5.17 Å². The van der Waals surface area contributed by atoms with Crippen molar-refractivity contribution < 1.29 is 0 Å². The maximum Gasteiger partial charge on any atom is 0.134 e. The summed E-state index contributed by atoms with van der Waals surface area (Å²) in [5.41, 5.74) is 3.22. The molecule has 2 heterocycles. The van der Waals surface area contributed by atoms with Gasteiger partial charge in [-0.25, -0.2) is 9.98 Å². The van der Waals surface area contributed by atoms with E-state index in [1.807, 2.05) is 49.1 Å². The van der Waals surface area contributed by atoms with Crippen LogP contribution < -0.4 is 4.90 Å². The Hall–Kier alpha value is -2.59. The number of hydrogen-bond acceptors (Lipinski definition) is 3. The largest absolute Gasteiger partial charge is 0.356 e. The topological polar surface area (TPSA) is 33.4 Å². The van der Waals surface area contributed by atoms with Gasteiger partial charge in [0.2, 0.25) is 0 Å². The van der Waals surface area contributed by atoms with Crippen LogP contribution in [0.25, 0.3) is 0 Å². The first-order chi connectivity index (χ1) is 12.3. The number of rotatable bonds is 5. The molecule has 0 fully saturated rings. The number of aliphatic imine (C=N–C) groups is 1. The first-order valence-corrected chi connectivity index (χ1v) is 8.81. The quantitative estimate of drug-likeness (QED) is 0.662. The fraction of sp³-hybridized carbons (Fsp3) is 0.200. The van der Waals surface area contributed by atoms with E-state index in [0.717, 1.165) is 36.4 Å². The summed E-state index contributed by atoms with van der Waals surface area (Å²) < 4.78 is 2.10. The van der Waals surface area contributed by atoms with Crippen LogP contribution in [0.15, 0.2) is 78.3 Å². The number of nitrogens with zero attached hydrogens (tertiary/aromatic N) is 4. The van der Waals surface area contributed by atoms with Crippen LogP contribution in [-0.2, 0) is 6.54 Å². The highest BCUT2D eigenvalue weighted by Crippen LogP contribution is 2.41. The Morgan fingerprint density at radius 1 is 0.960 bits per heavy atom. The molecule has 1 aliphatic rings. The van der Waals surface area contributed by atoms with Gasteiger partial charge < -0.3 is 9.47 Å². The monoisotopic (exact) mass is 350 g/mol. The second-order valence-electron chi connectivity index (χ2n) is 6.08. The third-order valence-electron chi connectivity index (χ3n) is 4.45. The molecule has 1 aromatic heterocycles. The molecule has 0 spiro atoms. The number of hydrogen-bond donors (Lipinski definition) is 0. The molecule has 4 nitrogen and oxygen atoms in total. The zero-order chi connectivity index (χ0) is 17.1. The van der Waals surface area contributed by atoms with Gasteiger partial charge in [0, 0.05) is 25.5 Å². The average molecular weight is 351 g/mol. The van der Waals surface area contributed by atoms with Crippen LogP contribution in [-0.4, -0.2) is 21.3 Å². The number of anilines is 1. The van der Waals surface area contributed by atoms with Crippen molar-refractivity contribution in [3.05, 3.63) is 78.9 Å². The van der Waals surface area contributed by atoms with Crippen molar-refractivity contribution in [2.75, 3.05) is 11.4 Å². The molecule has 0 amide bonds. The zero-order valence-electron chi connectivity index (χ0n) is 13.8. The third-order valence-corrected chi connectivity index (χ3v) is 4.74. The molecule has 5 heteroatoms. The van der Waals surface area contributed by atoms with Gasteiger partial charge in [0.15, 0.2) is 0 Å². The number of fused-ring (bicyclic) bond motifs is 1. The lowest BCUT2D eigenvalue weighted by Crippen LogP contribution is -2.35. The van der Waals surface area contributed by atoms with E-state index in [9.17, 15) is 0 Å². The lowest BCUT2D eigenvalue weighted by atomic mass is 10.0. The number of halogens is 1. The van der Waals surface area contributed by atoms with Crippen molar-refractivity contribution in [1.29, 1.82) is 0 Å². The molecule has 0 aliphatic carbocycles. The zero-order valence-corrected chi connectivity index (χ0v) is 14.5. The van der Waals surface area contributed by atoms with Gasteiger partial charge in [0.25, 0.3) is 0 Å². The molecule has 0 N–H and O–H groups in total. The number of benzene rings is 2. The first kappa shape index (κ1) is 15.9. The van der Waals surface area contributed by atoms with Crippen molar-refractivity contribution in [3.8, 4) is 0 Å². The molecule has 0 saturated carbocycles. The lowest BCUT2D eigenvalue weighted by Gasteiger charge is -2.37. The van der Waals surface area contributed by atoms with Crippen molar-refractivity contribution >= 4 is 28.1 Å². The average Bonchev–Trinajstić information content (AvgIpc) is 3.16. The van der Waals surface area contributed by atoms with Crippen LogP contribution in [0.2, 0.25) is 0 Å². The van der Waals surface area contributed by atoms with E-state index in [-0.39, 0.29) is 6.04 Å². The van der Waals surface area contributed by atoms with Gasteiger partial charge in [-0.3, -0.25) is 0 Å². The van der Waals surface area contributed by atoms with Gasteiger partial charge in [-0.2, -0.15) is 0 Å². The molecule has 1 atom stereocenters. The van der Waals surface area contributed by atoms with Gasteiger partial charge in [-0.1, -0.05) is 54.1 Å². The Balaban J connectivity index is 1.64. The summed E-state index contributed by atoms with van der Waals surface area (Å²) in [5, 5.41) is 0.618. The van der Waals surface area contributed by atoms with E-state index in [4.69, 9.17) is 11.6 Å². The van der Waals surface area contributed by atoms with Crippen LogP contribution in [0.1, 0.15) is 18.0 Å². The molecular formula is C20H19ClN4. The van der Waals surface area contributed by atoms with Crippen LogP contribution in [0.4, 0.5) is 11.4 Å². The summed E-state index contributed by atoms with van der Waals surface area (Å²) in [7, 11) is 0. The van der Waals surface area contributed by atoms with Crippen molar-refractivity contribution in [3.63, 3.8) is 0 Å². The molecule has 4 rings (SSSR count). The molecule has 0 saturated heterocycles. The predicted octanol–water partition coefficient (Wildman–Crippen LogP) is 4.80. The summed E-state index contributed by atoms with van der Waals surface area (Å²) >= 11 is 6.61. The van der Waals surface area contributed by atoms with Gasteiger partial charge in [0.1, 0.15) is 11.2 Å². The molecule has 1 unspecified atom stereocenters. The predicted molar refractivity (Wildman–Crippen MR) is 103 cm³/mol. The summed E-state index contributed by atoms with van der Waals surface area (Å²) in [5.74, 6) is 0. The maximum absolute atomic E-state index is 6.61. The molecule has 0 radical (unpaired) electrons. The minimum atomic E-state index is -0.0412. The highest BCUT2D eigenvalue weighted by molar-refractivity contribution is 6.67. The van der Waals surface area contributed by atoms with E-state index in [2.05, 4.69) is 43.7 Å². The summed E-state index contributed by atoms with van der Waals surface area (Å²) in [6.07, 6.45) is 6.66. The number of para-hydroxylation sites is 2. The second-order valence-corrected chi connectivity index (χ2v) is 6.47. The first-order valence-electron chi connectivity index (χ1n) is 8.43. The Kier molecular flexibility index (Phi) is 4.53. The Morgan fingerprint density at radius 2 is 1.76 bits per heavy atom. The highest BCUT2D eigenvalue weighted by Gasteiger charge is 2.30. The normalized spacial score (nSPS) is 16.4. The molecule has 3 aromatic rings. The summed E-state index contributed by atoms with van der Waals surface area (Å²) in [6, 6.07) is 18.5. The molecular weight excluding hydrogens is 332 g/mol. The minimum absolute atomic E-state index is 0.0412. The Morgan fingerprint density at radius 3 is 2.56 bits per heavy atom. The number of aryl methyl sites for hydroxylation is 1. The number of aromatic nitrogens is 2. The fourth-order valence-corrected chi connectivity index (χ4v) is 3.63. The van der Waals surface area contributed by atoms with E-state index >= 15 is 0 Å². The summed E-state index contributed by atoms with van der Waals surface area (Å²) in [4.78, 5) is 11.1. The summed E-state index contributed by atoms with van der Waals surface area (Å²) in [6.45, 7) is 1.81. The Bertz CT molecular complexity index is 858. The van der Waals surface area contributed by atoms with E-state index < -0.39 is 0 Å². The third kappa shape index (κ3) is 3.30. The van der Waals surface area contributed by atoms with Gasteiger partial charge in [-0.15, -0.1) is 0 Å². The van der Waals surface area contributed by atoms with E-state index in [1.165, 1.54) is 0 Å². The van der Waals surface area contributed by atoms with Gasteiger partial charge in [-0.05, 0) is 24.1 Å². The smallest absolute Gasteiger partial charge is 0.134 e. The van der Waals surface area contributed by atoms with Crippen molar-refractivity contribution in [2.45, 2.75) is 19.0 Å². The Labute approximate surface area is 152 Å². The highest BCUT2D eigenvalue weighted by atomic mass is 35.5. The molecule has 126 valence electrons. The van der Waals surface area contributed by atoms with Crippen LogP contribution in [0.3, 0.4) is 0 Å². The number of imidazole rings is 1. The van der Waals surface area contributed by atoms with Gasteiger partial charge >= 0.3 is 0 Å². The maximum atomic E-state index is 6.61. The van der Waals surface area contributed by atoms with Gasteiger partial charge in [0.05, 0.1) is 17.7 Å². The molecule has 25 heavy (non-hydrogen) atoms. The lowest BCUT2D eigenvalue weighted by molar-refractivity contribution is 0.610. The molecule has 0 bridgehead atoms. The van der Waals surface area contributed by atoms with Crippen LogP contribution >= 0.6 is 11.6 Å². The molecule has 1 aliphatic heterocycles.